The summed E-state index contributed by atoms with van der Waals surface area (Å²) in [6.07, 6.45) is 0. The molecule has 3 heterocycles. The average molecular weight is 489 g/mol. The van der Waals surface area contributed by atoms with Gasteiger partial charge in [-0.2, -0.15) is 4.52 Å². The third-order valence-corrected chi connectivity index (χ3v) is 5.47. The molecule has 36 heavy (non-hydrogen) atoms. The zero-order valence-electron chi connectivity index (χ0n) is 19.8. The number of fused-ring (bicyclic) bond motifs is 2. The van der Waals surface area contributed by atoms with Gasteiger partial charge in [0.2, 0.25) is 5.88 Å². The van der Waals surface area contributed by atoms with Crippen LogP contribution in [0.2, 0.25) is 0 Å². The molecule has 1 amide bonds. The number of nitrogens with one attached hydrogen (secondary N) is 1. The van der Waals surface area contributed by atoms with E-state index in [2.05, 4.69) is 20.6 Å². The van der Waals surface area contributed by atoms with E-state index in [0.29, 0.717) is 40.2 Å². The number of para-hydroxylation sites is 1. The molecule has 0 fully saturated rings. The van der Waals surface area contributed by atoms with Gasteiger partial charge in [0.1, 0.15) is 6.61 Å². The maximum atomic E-state index is 12.5. The van der Waals surface area contributed by atoms with Gasteiger partial charge in [-0.15, -0.1) is 15.3 Å². The highest BCUT2D eigenvalue weighted by atomic mass is 16.5. The summed E-state index contributed by atoms with van der Waals surface area (Å²) in [4.78, 5) is 12.5. The van der Waals surface area contributed by atoms with Crippen LogP contribution in [0.4, 0.5) is 0 Å². The fraction of sp³-hybridized carbons (Fsp3) is 0.200. The topological polar surface area (TPSA) is 122 Å². The van der Waals surface area contributed by atoms with Gasteiger partial charge in [-0.05, 0) is 36.4 Å². The number of carbonyl (C=O) groups excluding carboxylic acids is 1. The van der Waals surface area contributed by atoms with E-state index in [4.69, 9.17) is 23.4 Å². The van der Waals surface area contributed by atoms with E-state index in [1.807, 2.05) is 18.2 Å². The van der Waals surface area contributed by atoms with Crippen LogP contribution in [0.1, 0.15) is 10.6 Å². The predicted octanol–water partition coefficient (Wildman–Crippen LogP) is 3.37. The molecule has 3 aromatic heterocycles. The number of carbonyl (C=O) groups is 1. The number of hydrogen-bond donors (Lipinski definition) is 1. The first-order valence-electron chi connectivity index (χ1n) is 11.0. The number of nitrogens with zero attached hydrogens (tertiary/aromatic N) is 4. The molecule has 0 atom stereocenters. The second-order valence-electron chi connectivity index (χ2n) is 7.63. The van der Waals surface area contributed by atoms with E-state index in [-0.39, 0.29) is 24.8 Å². The second-order valence-corrected chi connectivity index (χ2v) is 7.63. The van der Waals surface area contributed by atoms with Crippen LogP contribution in [0.15, 0.2) is 59.0 Å². The van der Waals surface area contributed by atoms with Crippen molar-refractivity contribution in [2.45, 2.75) is 0 Å². The number of aromatic nitrogens is 4. The van der Waals surface area contributed by atoms with Gasteiger partial charge in [0, 0.05) is 17.0 Å². The normalized spacial score (nSPS) is 11.0. The van der Waals surface area contributed by atoms with Gasteiger partial charge in [-0.3, -0.25) is 4.79 Å². The molecule has 11 nitrogen and oxygen atoms in total. The van der Waals surface area contributed by atoms with E-state index >= 15 is 0 Å². The number of methoxy groups -OCH3 is 3. The number of benzene rings is 2. The van der Waals surface area contributed by atoms with Crippen LogP contribution >= 0.6 is 0 Å². The lowest BCUT2D eigenvalue weighted by molar-refractivity contribution is 0.0921. The Bertz CT molecular complexity index is 1540. The molecule has 5 rings (SSSR count). The first kappa shape index (κ1) is 23.0. The first-order chi connectivity index (χ1) is 17.6. The highest BCUT2D eigenvalue weighted by Gasteiger charge is 2.16. The summed E-state index contributed by atoms with van der Waals surface area (Å²) < 4.78 is 28.9. The Balaban J connectivity index is 1.25. The highest BCUT2D eigenvalue weighted by Crippen LogP contribution is 2.32. The molecule has 0 aliphatic rings. The minimum atomic E-state index is -0.352. The van der Waals surface area contributed by atoms with Crippen molar-refractivity contribution in [2.75, 3.05) is 34.5 Å². The molecule has 184 valence electrons. The van der Waals surface area contributed by atoms with E-state index < -0.39 is 0 Å². The molecule has 5 aromatic rings. The molecular weight excluding hydrogens is 466 g/mol. The van der Waals surface area contributed by atoms with Crippen LogP contribution in [0.25, 0.3) is 28.0 Å². The number of rotatable bonds is 9. The van der Waals surface area contributed by atoms with Gasteiger partial charge in [0.05, 0.1) is 27.9 Å². The minimum Gasteiger partial charge on any atom is -0.493 e. The molecule has 11 heteroatoms. The number of hydrogen-bond acceptors (Lipinski definition) is 9. The van der Waals surface area contributed by atoms with Crippen LogP contribution in [0, 0.1) is 0 Å². The van der Waals surface area contributed by atoms with Gasteiger partial charge in [-0.1, -0.05) is 12.1 Å². The maximum Gasteiger partial charge on any atom is 0.287 e. The highest BCUT2D eigenvalue weighted by molar-refractivity contribution is 5.97. The van der Waals surface area contributed by atoms with Gasteiger partial charge in [0.25, 0.3) is 5.91 Å². The third-order valence-electron chi connectivity index (χ3n) is 5.47. The monoisotopic (exact) mass is 489 g/mol. The smallest absolute Gasteiger partial charge is 0.287 e. The van der Waals surface area contributed by atoms with Gasteiger partial charge < -0.3 is 28.7 Å². The fourth-order valence-electron chi connectivity index (χ4n) is 3.72. The lowest BCUT2D eigenvalue weighted by Crippen LogP contribution is -2.27. The van der Waals surface area contributed by atoms with Gasteiger partial charge in [-0.25, -0.2) is 0 Å². The van der Waals surface area contributed by atoms with Gasteiger partial charge >= 0.3 is 0 Å². The fourth-order valence-corrected chi connectivity index (χ4v) is 3.72. The van der Waals surface area contributed by atoms with Crippen molar-refractivity contribution in [1.82, 2.24) is 25.1 Å². The van der Waals surface area contributed by atoms with E-state index in [9.17, 15) is 4.79 Å². The zero-order valence-corrected chi connectivity index (χ0v) is 19.8. The Hall–Kier alpha value is -4.80. The third kappa shape index (κ3) is 4.33. The lowest BCUT2D eigenvalue weighted by Gasteiger charge is -2.09. The summed E-state index contributed by atoms with van der Waals surface area (Å²) in [5.74, 6) is 2.45. The Morgan fingerprint density at radius 1 is 0.944 bits per heavy atom. The molecule has 0 saturated heterocycles. The quantitative estimate of drug-likeness (QED) is 0.311. The van der Waals surface area contributed by atoms with Crippen molar-refractivity contribution >= 4 is 22.5 Å². The number of amides is 1. The van der Waals surface area contributed by atoms with Crippen molar-refractivity contribution in [3.05, 3.63) is 60.4 Å². The Labute approximate surface area is 205 Å². The average Bonchev–Trinajstić information content (AvgIpc) is 3.55. The molecule has 0 unspecified atom stereocenters. The molecule has 0 saturated carbocycles. The van der Waals surface area contributed by atoms with E-state index in [1.54, 1.807) is 62.2 Å². The van der Waals surface area contributed by atoms with Crippen LogP contribution in [0.3, 0.4) is 0 Å². The SMILES string of the molecule is COc1ccc(-c2nnc3ccc(OCCNC(=O)c4cc5cccc(OC)c5o4)nn23)cc1OC. The summed E-state index contributed by atoms with van der Waals surface area (Å²) in [5, 5.41) is 16.5. The molecule has 0 radical (unpaired) electrons. The largest absolute Gasteiger partial charge is 0.493 e. The second kappa shape index (κ2) is 9.82. The van der Waals surface area contributed by atoms with Crippen molar-refractivity contribution in [3.8, 4) is 34.5 Å². The predicted molar refractivity (Wildman–Crippen MR) is 130 cm³/mol. The molecule has 0 aliphatic heterocycles. The first-order valence-corrected chi connectivity index (χ1v) is 11.0. The Kier molecular flexibility index (Phi) is 6.27. The summed E-state index contributed by atoms with van der Waals surface area (Å²) in [6, 6.07) is 16.0. The van der Waals surface area contributed by atoms with Crippen LogP contribution in [0.5, 0.6) is 23.1 Å². The van der Waals surface area contributed by atoms with E-state index in [1.165, 1.54) is 0 Å². The Morgan fingerprint density at radius 3 is 2.58 bits per heavy atom. The summed E-state index contributed by atoms with van der Waals surface area (Å²) in [6.45, 7) is 0.444. The summed E-state index contributed by atoms with van der Waals surface area (Å²) in [7, 11) is 4.69. The molecule has 0 spiro atoms. The van der Waals surface area contributed by atoms with Crippen LogP contribution in [-0.2, 0) is 0 Å². The van der Waals surface area contributed by atoms with Crippen LogP contribution in [-0.4, -0.2) is 60.2 Å². The van der Waals surface area contributed by atoms with Gasteiger partial charge in [0.15, 0.2) is 40.1 Å². The summed E-state index contributed by atoms with van der Waals surface area (Å²) >= 11 is 0. The lowest BCUT2D eigenvalue weighted by atomic mass is 10.2. The zero-order chi connectivity index (χ0) is 25.1. The van der Waals surface area contributed by atoms with E-state index in [0.717, 1.165) is 10.9 Å². The molecule has 1 N–H and O–H groups in total. The van der Waals surface area contributed by atoms with Crippen molar-refractivity contribution < 1.29 is 28.2 Å². The minimum absolute atomic E-state index is 0.193. The molecular formula is C25H23N5O6. The number of furan rings is 1. The van der Waals surface area contributed by atoms with Crippen molar-refractivity contribution in [3.63, 3.8) is 0 Å². The molecule has 0 bridgehead atoms. The molecule has 2 aromatic carbocycles. The van der Waals surface area contributed by atoms with Crippen LogP contribution < -0.4 is 24.3 Å². The standard InChI is InChI=1S/C25H23N5O6/c1-32-17-8-7-16(14-19(17)34-3)24-28-27-21-9-10-22(29-30(21)24)35-12-11-26-25(31)20-13-15-5-4-6-18(33-2)23(15)36-20/h4-10,13-14H,11-12H2,1-3H3,(H,26,31). The molecule has 0 aliphatic carbocycles. The van der Waals surface area contributed by atoms with Crippen molar-refractivity contribution in [2.24, 2.45) is 0 Å². The summed E-state index contributed by atoms with van der Waals surface area (Å²) in [5.41, 5.74) is 1.83. The number of ether oxygens (including phenoxy) is 4. The Morgan fingerprint density at radius 2 is 1.78 bits per heavy atom. The van der Waals surface area contributed by atoms with Crippen molar-refractivity contribution in [1.29, 1.82) is 0 Å². The maximum absolute atomic E-state index is 12.5.